The fourth-order valence-electron chi connectivity index (χ4n) is 3.61. The van der Waals surface area contributed by atoms with Gasteiger partial charge in [-0.15, -0.1) is 0 Å². The van der Waals surface area contributed by atoms with Crippen LogP contribution in [0.4, 0.5) is 8.78 Å². The quantitative estimate of drug-likeness (QED) is 0.241. The Hall–Kier alpha value is -2.36. The van der Waals surface area contributed by atoms with Crippen molar-refractivity contribution >= 4 is 21.5 Å². The van der Waals surface area contributed by atoms with E-state index in [2.05, 4.69) is 6.92 Å². The molecule has 3 aromatic rings. The molecule has 0 bridgehead atoms. The SMILES string of the molecule is CCCCCCCCOc1ccc2c(ccc3c(F)c(OCCC)ccc32)c1F. The van der Waals surface area contributed by atoms with E-state index in [0.29, 0.717) is 34.8 Å². The summed E-state index contributed by atoms with van der Waals surface area (Å²) in [4.78, 5) is 0. The minimum absolute atomic E-state index is 0.234. The lowest BCUT2D eigenvalue weighted by molar-refractivity contribution is 0.291. The summed E-state index contributed by atoms with van der Waals surface area (Å²) in [5, 5.41) is 2.23. The first kappa shape index (κ1) is 21.4. The van der Waals surface area contributed by atoms with Crippen molar-refractivity contribution in [2.45, 2.75) is 58.8 Å². The van der Waals surface area contributed by atoms with Crippen LogP contribution in [-0.4, -0.2) is 13.2 Å². The Morgan fingerprint density at radius 2 is 1.03 bits per heavy atom. The van der Waals surface area contributed by atoms with Crippen LogP contribution in [0.3, 0.4) is 0 Å². The zero-order valence-electron chi connectivity index (χ0n) is 17.4. The van der Waals surface area contributed by atoms with Gasteiger partial charge in [0.1, 0.15) is 0 Å². The van der Waals surface area contributed by atoms with E-state index in [9.17, 15) is 8.78 Å². The number of hydrogen-bond acceptors (Lipinski definition) is 2. The third-order valence-corrected chi connectivity index (χ3v) is 5.21. The van der Waals surface area contributed by atoms with Crippen LogP contribution in [0.15, 0.2) is 36.4 Å². The topological polar surface area (TPSA) is 18.5 Å². The van der Waals surface area contributed by atoms with Crippen molar-refractivity contribution in [2.75, 3.05) is 13.2 Å². The molecule has 0 saturated carbocycles. The van der Waals surface area contributed by atoms with Gasteiger partial charge in [0.05, 0.1) is 13.2 Å². The number of halogens is 2. The highest BCUT2D eigenvalue weighted by Crippen LogP contribution is 2.35. The normalized spacial score (nSPS) is 11.3. The predicted octanol–water partition coefficient (Wildman–Crippen LogP) is 7.80. The van der Waals surface area contributed by atoms with Crippen LogP contribution in [0.2, 0.25) is 0 Å². The first-order valence-electron chi connectivity index (χ1n) is 10.8. The van der Waals surface area contributed by atoms with Crippen molar-refractivity contribution in [1.29, 1.82) is 0 Å². The van der Waals surface area contributed by atoms with E-state index in [4.69, 9.17) is 9.47 Å². The molecule has 3 rings (SSSR count). The molecule has 0 aliphatic carbocycles. The van der Waals surface area contributed by atoms with Gasteiger partial charge >= 0.3 is 0 Å². The van der Waals surface area contributed by atoms with Crippen molar-refractivity contribution in [3.8, 4) is 11.5 Å². The lowest BCUT2D eigenvalue weighted by Crippen LogP contribution is -2.00. The van der Waals surface area contributed by atoms with E-state index in [1.165, 1.54) is 25.7 Å². The summed E-state index contributed by atoms with van der Waals surface area (Å²) in [7, 11) is 0. The largest absolute Gasteiger partial charge is 0.491 e. The number of hydrogen-bond donors (Lipinski definition) is 0. The monoisotopic (exact) mass is 400 g/mol. The molecule has 0 aliphatic heterocycles. The smallest absolute Gasteiger partial charge is 0.172 e. The van der Waals surface area contributed by atoms with E-state index >= 15 is 0 Å². The molecule has 0 fully saturated rings. The summed E-state index contributed by atoms with van der Waals surface area (Å²) in [5.41, 5.74) is 0. The number of ether oxygens (including phenoxy) is 2. The number of benzene rings is 3. The Bertz CT molecular complexity index is 953. The van der Waals surface area contributed by atoms with Gasteiger partial charge in [-0.05, 0) is 47.9 Å². The van der Waals surface area contributed by atoms with Crippen LogP contribution in [0.5, 0.6) is 11.5 Å². The molecule has 0 aliphatic rings. The molecule has 0 amide bonds. The van der Waals surface area contributed by atoms with E-state index in [0.717, 1.165) is 19.3 Å². The van der Waals surface area contributed by atoms with Crippen molar-refractivity contribution in [3.63, 3.8) is 0 Å². The van der Waals surface area contributed by atoms with Crippen LogP contribution in [-0.2, 0) is 0 Å². The second kappa shape index (κ2) is 10.4. The summed E-state index contributed by atoms with van der Waals surface area (Å²) in [6.07, 6.45) is 7.76. The summed E-state index contributed by atoms with van der Waals surface area (Å²) in [6.45, 7) is 5.14. The van der Waals surface area contributed by atoms with Gasteiger partial charge in [-0.25, -0.2) is 8.78 Å². The minimum atomic E-state index is -0.401. The van der Waals surface area contributed by atoms with Crippen LogP contribution >= 0.6 is 0 Å². The van der Waals surface area contributed by atoms with Crippen LogP contribution < -0.4 is 9.47 Å². The second-order valence-electron chi connectivity index (χ2n) is 7.48. The molecule has 0 saturated heterocycles. The van der Waals surface area contributed by atoms with E-state index in [-0.39, 0.29) is 17.3 Å². The van der Waals surface area contributed by atoms with E-state index < -0.39 is 5.82 Å². The maximum atomic E-state index is 15.0. The molecule has 4 heteroatoms. The molecular formula is C25H30F2O2. The van der Waals surface area contributed by atoms with Gasteiger partial charge in [0.2, 0.25) is 0 Å². The van der Waals surface area contributed by atoms with Crippen LogP contribution in [0.1, 0.15) is 58.8 Å². The zero-order chi connectivity index (χ0) is 20.6. The molecule has 3 aromatic carbocycles. The molecule has 0 N–H and O–H groups in total. The van der Waals surface area contributed by atoms with Gasteiger partial charge in [-0.2, -0.15) is 0 Å². The Balaban J connectivity index is 1.77. The molecule has 0 aromatic heterocycles. The average molecular weight is 401 g/mol. The van der Waals surface area contributed by atoms with Crippen molar-refractivity contribution < 1.29 is 18.3 Å². The molecule has 0 unspecified atom stereocenters. The zero-order valence-corrected chi connectivity index (χ0v) is 17.4. The van der Waals surface area contributed by atoms with Gasteiger partial charge in [-0.3, -0.25) is 0 Å². The van der Waals surface area contributed by atoms with Gasteiger partial charge in [-0.1, -0.05) is 58.1 Å². The lowest BCUT2D eigenvalue weighted by Gasteiger charge is -2.12. The number of fused-ring (bicyclic) bond motifs is 3. The summed E-state index contributed by atoms with van der Waals surface area (Å²) in [5.74, 6) is -0.296. The van der Waals surface area contributed by atoms with E-state index in [1.54, 1.807) is 30.3 Å². The molecule has 0 radical (unpaired) electrons. The molecule has 156 valence electrons. The highest BCUT2D eigenvalue weighted by molar-refractivity contribution is 6.08. The van der Waals surface area contributed by atoms with Gasteiger partial charge < -0.3 is 9.47 Å². The minimum Gasteiger partial charge on any atom is -0.491 e. The summed E-state index contributed by atoms with van der Waals surface area (Å²) >= 11 is 0. The first-order valence-corrected chi connectivity index (χ1v) is 10.8. The van der Waals surface area contributed by atoms with Crippen molar-refractivity contribution in [3.05, 3.63) is 48.0 Å². The molecule has 29 heavy (non-hydrogen) atoms. The highest BCUT2D eigenvalue weighted by Gasteiger charge is 2.14. The highest BCUT2D eigenvalue weighted by atomic mass is 19.1. The molecule has 0 heterocycles. The maximum Gasteiger partial charge on any atom is 0.172 e. The van der Waals surface area contributed by atoms with Crippen molar-refractivity contribution in [1.82, 2.24) is 0 Å². The standard InChI is InChI=1S/C25H30F2O2/c1-3-5-6-7-8-9-17-29-23-15-13-19-18-12-14-22(28-16-4-2)24(26)20(18)10-11-21(19)25(23)27/h10-15H,3-9,16-17H2,1-2H3. The molecule has 2 nitrogen and oxygen atoms in total. The third-order valence-electron chi connectivity index (χ3n) is 5.21. The number of unbranched alkanes of at least 4 members (excludes halogenated alkanes) is 5. The predicted molar refractivity (Wildman–Crippen MR) is 116 cm³/mol. The molecule has 0 spiro atoms. The Labute approximate surface area is 171 Å². The Morgan fingerprint density at radius 3 is 1.59 bits per heavy atom. The molecule has 0 atom stereocenters. The molecular weight excluding hydrogens is 370 g/mol. The van der Waals surface area contributed by atoms with Crippen LogP contribution in [0.25, 0.3) is 21.5 Å². The average Bonchev–Trinajstić information content (AvgIpc) is 2.74. The van der Waals surface area contributed by atoms with Crippen molar-refractivity contribution in [2.24, 2.45) is 0 Å². The fourth-order valence-corrected chi connectivity index (χ4v) is 3.61. The van der Waals surface area contributed by atoms with Gasteiger partial charge in [0.15, 0.2) is 23.1 Å². The van der Waals surface area contributed by atoms with Crippen LogP contribution in [0, 0.1) is 11.6 Å². The summed E-state index contributed by atoms with van der Waals surface area (Å²) < 4.78 is 40.9. The fraction of sp³-hybridized carbons (Fsp3) is 0.440. The first-order chi connectivity index (χ1) is 14.2. The Morgan fingerprint density at radius 1 is 0.552 bits per heavy atom. The lowest BCUT2D eigenvalue weighted by atomic mass is 10.0. The number of rotatable bonds is 11. The van der Waals surface area contributed by atoms with E-state index in [1.807, 2.05) is 13.0 Å². The van der Waals surface area contributed by atoms with Gasteiger partial charge in [0, 0.05) is 10.8 Å². The van der Waals surface area contributed by atoms with Gasteiger partial charge in [0.25, 0.3) is 0 Å². The Kier molecular flexibility index (Phi) is 7.68. The second-order valence-corrected chi connectivity index (χ2v) is 7.48. The third kappa shape index (κ3) is 4.98. The maximum absolute atomic E-state index is 15.0. The summed E-state index contributed by atoms with van der Waals surface area (Å²) in [6, 6.07) is 10.1.